The van der Waals surface area contributed by atoms with Crippen LogP contribution in [0.25, 0.3) is 11.5 Å². The van der Waals surface area contributed by atoms with Gasteiger partial charge in [-0.2, -0.15) is 0 Å². The van der Waals surface area contributed by atoms with Crippen LogP contribution in [0.4, 0.5) is 10.1 Å². The van der Waals surface area contributed by atoms with Gasteiger partial charge < -0.3 is 14.5 Å². The molecule has 1 N–H and O–H groups in total. The Labute approximate surface area is 147 Å². The molecule has 6 nitrogen and oxygen atoms in total. The van der Waals surface area contributed by atoms with Crippen LogP contribution in [0, 0.1) is 5.82 Å². The van der Waals surface area contributed by atoms with Crippen LogP contribution >= 0.6 is 11.8 Å². The number of rotatable bonds is 6. The van der Waals surface area contributed by atoms with E-state index < -0.39 is 0 Å². The minimum absolute atomic E-state index is 0.0992. The van der Waals surface area contributed by atoms with E-state index in [0.29, 0.717) is 17.0 Å². The summed E-state index contributed by atoms with van der Waals surface area (Å²) in [6, 6.07) is 12.9. The van der Waals surface area contributed by atoms with Gasteiger partial charge in [0.15, 0.2) is 0 Å². The monoisotopic (exact) mass is 359 g/mol. The summed E-state index contributed by atoms with van der Waals surface area (Å²) in [4.78, 5) is 12.0. The summed E-state index contributed by atoms with van der Waals surface area (Å²) in [5, 5.41) is 10.7. The molecule has 0 saturated heterocycles. The Morgan fingerprint density at radius 3 is 2.88 bits per heavy atom. The molecule has 0 unspecified atom stereocenters. The van der Waals surface area contributed by atoms with Crippen molar-refractivity contribution in [2.75, 3.05) is 18.2 Å². The molecule has 25 heavy (non-hydrogen) atoms. The number of nitrogens with zero attached hydrogens (tertiary/aromatic N) is 2. The molecule has 0 aliphatic heterocycles. The van der Waals surface area contributed by atoms with E-state index in [4.69, 9.17) is 9.15 Å². The number of nitrogens with one attached hydrogen (secondary N) is 1. The number of hydrogen-bond donors (Lipinski definition) is 1. The topological polar surface area (TPSA) is 77.2 Å². The summed E-state index contributed by atoms with van der Waals surface area (Å²) in [6.45, 7) is 0. The molecule has 1 amide bonds. The van der Waals surface area contributed by atoms with Gasteiger partial charge in [0.25, 0.3) is 5.22 Å². The van der Waals surface area contributed by atoms with E-state index in [9.17, 15) is 9.18 Å². The van der Waals surface area contributed by atoms with Crippen LogP contribution in [0.5, 0.6) is 5.75 Å². The number of benzene rings is 2. The summed E-state index contributed by atoms with van der Waals surface area (Å²) < 4.78 is 23.8. The van der Waals surface area contributed by atoms with Crippen LogP contribution in [0.15, 0.2) is 58.2 Å². The van der Waals surface area contributed by atoms with Gasteiger partial charge >= 0.3 is 0 Å². The zero-order valence-electron chi connectivity index (χ0n) is 13.2. The van der Waals surface area contributed by atoms with E-state index in [0.717, 1.165) is 11.8 Å². The highest BCUT2D eigenvalue weighted by molar-refractivity contribution is 7.99. The minimum atomic E-state index is -0.387. The third kappa shape index (κ3) is 4.57. The maximum absolute atomic E-state index is 13.2. The van der Waals surface area contributed by atoms with Crippen LogP contribution in [-0.2, 0) is 4.79 Å². The summed E-state index contributed by atoms with van der Waals surface area (Å²) in [5.41, 5.74) is 1.12. The summed E-state index contributed by atoms with van der Waals surface area (Å²) >= 11 is 1.10. The summed E-state index contributed by atoms with van der Waals surface area (Å²) in [7, 11) is 1.56. The van der Waals surface area contributed by atoms with Crippen LogP contribution in [0.1, 0.15) is 0 Å². The van der Waals surface area contributed by atoms with Crippen molar-refractivity contribution in [3.8, 4) is 17.2 Å². The first kappa shape index (κ1) is 17.0. The minimum Gasteiger partial charge on any atom is -0.497 e. The van der Waals surface area contributed by atoms with Gasteiger partial charge in [0, 0.05) is 17.3 Å². The van der Waals surface area contributed by atoms with Crippen molar-refractivity contribution in [1.82, 2.24) is 10.2 Å². The Bertz CT molecular complexity index is 885. The standard InChI is InChI=1S/C17H14FN3O3S/c1-23-14-7-3-6-13(9-14)19-15(22)10-25-17-21-20-16(24-17)11-4-2-5-12(18)8-11/h2-9H,10H2,1H3,(H,19,22). The lowest BCUT2D eigenvalue weighted by Crippen LogP contribution is -2.13. The molecule has 0 aliphatic rings. The van der Waals surface area contributed by atoms with E-state index in [1.165, 1.54) is 12.1 Å². The molecule has 1 aromatic heterocycles. The highest BCUT2D eigenvalue weighted by Gasteiger charge is 2.12. The third-order valence-electron chi connectivity index (χ3n) is 3.16. The Morgan fingerprint density at radius 1 is 1.24 bits per heavy atom. The lowest BCUT2D eigenvalue weighted by molar-refractivity contribution is -0.113. The Morgan fingerprint density at radius 2 is 2.08 bits per heavy atom. The van der Waals surface area contributed by atoms with Gasteiger partial charge in [-0.3, -0.25) is 4.79 Å². The summed E-state index contributed by atoms with van der Waals surface area (Å²) in [5.74, 6) is 0.353. The van der Waals surface area contributed by atoms with Crippen molar-refractivity contribution >= 4 is 23.4 Å². The van der Waals surface area contributed by atoms with E-state index in [2.05, 4.69) is 15.5 Å². The first-order valence-corrected chi connectivity index (χ1v) is 8.29. The SMILES string of the molecule is COc1cccc(NC(=O)CSc2nnc(-c3cccc(F)c3)o2)c1. The maximum Gasteiger partial charge on any atom is 0.277 e. The molecule has 3 aromatic rings. The first-order chi connectivity index (χ1) is 12.1. The van der Waals surface area contributed by atoms with Crippen LogP contribution in [-0.4, -0.2) is 29.0 Å². The van der Waals surface area contributed by atoms with E-state index in [1.807, 2.05) is 0 Å². The number of anilines is 1. The second-order valence-corrected chi connectivity index (χ2v) is 5.88. The molecule has 0 saturated carbocycles. The number of hydrogen-bond acceptors (Lipinski definition) is 6. The molecular formula is C17H14FN3O3S. The zero-order valence-corrected chi connectivity index (χ0v) is 14.0. The molecular weight excluding hydrogens is 345 g/mol. The van der Waals surface area contributed by atoms with Crippen LogP contribution in [0.2, 0.25) is 0 Å². The number of methoxy groups -OCH3 is 1. The second-order valence-electron chi connectivity index (χ2n) is 4.95. The van der Waals surface area contributed by atoms with Crippen LogP contribution in [0.3, 0.4) is 0 Å². The van der Waals surface area contributed by atoms with Gasteiger partial charge in [-0.25, -0.2) is 4.39 Å². The third-order valence-corrected chi connectivity index (χ3v) is 3.98. The molecule has 128 valence electrons. The number of carbonyl (C=O) groups is 1. The van der Waals surface area contributed by atoms with Gasteiger partial charge in [-0.15, -0.1) is 10.2 Å². The van der Waals surface area contributed by atoms with E-state index in [1.54, 1.807) is 43.5 Å². The molecule has 0 aliphatic carbocycles. The molecule has 0 atom stereocenters. The Kier molecular flexibility index (Phi) is 5.30. The predicted octanol–water partition coefficient (Wildman–Crippen LogP) is 3.62. The highest BCUT2D eigenvalue weighted by atomic mass is 32.2. The van der Waals surface area contributed by atoms with Gasteiger partial charge in [-0.1, -0.05) is 23.9 Å². The average Bonchev–Trinajstić information content (AvgIpc) is 3.09. The molecule has 0 fully saturated rings. The quantitative estimate of drug-likeness (QED) is 0.678. The number of halogens is 1. The number of carbonyl (C=O) groups excluding carboxylic acids is 1. The fourth-order valence-electron chi connectivity index (χ4n) is 2.03. The second kappa shape index (κ2) is 7.80. The molecule has 0 spiro atoms. The smallest absolute Gasteiger partial charge is 0.277 e. The highest BCUT2D eigenvalue weighted by Crippen LogP contribution is 2.24. The van der Waals surface area contributed by atoms with E-state index in [-0.39, 0.29) is 28.6 Å². The van der Waals surface area contributed by atoms with Crippen molar-refractivity contribution in [3.63, 3.8) is 0 Å². The molecule has 1 heterocycles. The molecule has 8 heteroatoms. The van der Waals surface area contributed by atoms with Crippen LogP contribution < -0.4 is 10.1 Å². The Hall–Kier alpha value is -2.87. The number of ether oxygens (including phenoxy) is 1. The molecule has 0 bridgehead atoms. The predicted molar refractivity (Wildman–Crippen MR) is 92.0 cm³/mol. The van der Waals surface area contributed by atoms with Gasteiger partial charge in [0.1, 0.15) is 11.6 Å². The first-order valence-electron chi connectivity index (χ1n) is 7.30. The normalized spacial score (nSPS) is 10.5. The average molecular weight is 359 g/mol. The van der Waals surface area contributed by atoms with E-state index >= 15 is 0 Å². The van der Waals surface area contributed by atoms with Gasteiger partial charge in [0.2, 0.25) is 11.8 Å². The lowest BCUT2D eigenvalue weighted by atomic mass is 10.2. The Balaban J connectivity index is 1.57. The maximum atomic E-state index is 13.2. The van der Waals surface area contributed by atoms with Crippen molar-refractivity contribution in [1.29, 1.82) is 0 Å². The fraction of sp³-hybridized carbons (Fsp3) is 0.118. The summed E-state index contributed by atoms with van der Waals surface area (Å²) in [6.07, 6.45) is 0. The fourth-order valence-corrected chi connectivity index (χ4v) is 2.59. The van der Waals surface area contributed by atoms with Crippen molar-refractivity contribution in [3.05, 3.63) is 54.3 Å². The number of thioether (sulfide) groups is 1. The molecule has 0 radical (unpaired) electrons. The lowest BCUT2D eigenvalue weighted by Gasteiger charge is -2.05. The number of amides is 1. The van der Waals surface area contributed by atoms with Crippen molar-refractivity contribution < 1.29 is 18.3 Å². The zero-order chi connectivity index (χ0) is 17.6. The van der Waals surface area contributed by atoms with Crippen molar-refractivity contribution in [2.24, 2.45) is 0 Å². The largest absolute Gasteiger partial charge is 0.497 e. The van der Waals surface area contributed by atoms with Gasteiger partial charge in [0.05, 0.1) is 12.9 Å². The van der Waals surface area contributed by atoms with Gasteiger partial charge in [-0.05, 0) is 30.3 Å². The van der Waals surface area contributed by atoms with Crippen molar-refractivity contribution in [2.45, 2.75) is 5.22 Å². The molecule has 3 rings (SSSR count). The molecule has 2 aromatic carbocycles. The number of aromatic nitrogens is 2.